The van der Waals surface area contributed by atoms with Gasteiger partial charge in [0.25, 0.3) is 0 Å². The quantitative estimate of drug-likeness (QED) is 0.567. The molecule has 28 heavy (non-hydrogen) atoms. The Morgan fingerprint density at radius 2 is 1.82 bits per heavy atom. The molecule has 3 heterocycles. The summed E-state index contributed by atoms with van der Waals surface area (Å²) >= 11 is 0. The van der Waals surface area contributed by atoms with Gasteiger partial charge in [0.2, 0.25) is 5.79 Å². The van der Waals surface area contributed by atoms with E-state index in [4.69, 9.17) is 9.47 Å². The second-order valence-electron chi connectivity index (χ2n) is 7.22. The van der Waals surface area contributed by atoms with Crippen molar-refractivity contribution < 1.29 is 29.9 Å². The first-order valence-corrected chi connectivity index (χ1v) is 9.38. The molecule has 5 atom stereocenters. The summed E-state index contributed by atoms with van der Waals surface area (Å²) in [5.41, 5.74) is 3.73. The van der Waals surface area contributed by atoms with Crippen molar-refractivity contribution in [1.82, 2.24) is 9.97 Å². The molecule has 4 rings (SSSR count). The second-order valence-corrected chi connectivity index (χ2v) is 7.22. The highest BCUT2D eigenvalue weighted by Crippen LogP contribution is 2.44. The summed E-state index contributed by atoms with van der Waals surface area (Å²) in [6.07, 6.45) is -2.52. The number of fused-ring (bicyclic) bond motifs is 2. The van der Waals surface area contributed by atoms with Gasteiger partial charge in [-0.1, -0.05) is 31.2 Å². The number of hydrogen-bond donors (Lipinski definition) is 4. The van der Waals surface area contributed by atoms with Gasteiger partial charge in [0.15, 0.2) is 0 Å². The molecule has 4 N–H and O–H groups in total. The molecule has 0 bridgehead atoms. The van der Waals surface area contributed by atoms with Crippen molar-refractivity contribution in [2.45, 2.75) is 56.6 Å². The van der Waals surface area contributed by atoms with E-state index in [2.05, 4.69) is 29.0 Å². The molecule has 2 aliphatic rings. The Morgan fingerprint density at radius 1 is 1.11 bits per heavy atom. The monoisotopic (exact) mass is 388 g/mol. The Hall–Kier alpha value is -1.94. The molecular formula is C20H24N2O6. The molecule has 0 amide bonds. The molecule has 0 saturated carbocycles. The zero-order valence-electron chi connectivity index (χ0n) is 15.5. The Kier molecular flexibility index (Phi) is 5.17. The maximum atomic E-state index is 10.6. The third-order valence-corrected chi connectivity index (χ3v) is 5.42. The van der Waals surface area contributed by atoms with E-state index in [1.807, 2.05) is 12.1 Å². The highest BCUT2D eigenvalue weighted by Gasteiger charge is 2.59. The van der Waals surface area contributed by atoms with Crippen molar-refractivity contribution in [3.63, 3.8) is 0 Å². The number of hydrogen-bond acceptors (Lipinski definition) is 8. The largest absolute Gasteiger partial charge is 0.394 e. The molecule has 2 aromatic rings. The van der Waals surface area contributed by atoms with Crippen LogP contribution in [0.3, 0.4) is 0 Å². The summed E-state index contributed by atoms with van der Waals surface area (Å²) in [7, 11) is 0. The van der Waals surface area contributed by atoms with Crippen molar-refractivity contribution >= 4 is 0 Å². The molecule has 2 aliphatic heterocycles. The van der Waals surface area contributed by atoms with E-state index >= 15 is 0 Å². The summed E-state index contributed by atoms with van der Waals surface area (Å²) in [4.78, 5) is 8.98. The lowest BCUT2D eigenvalue weighted by molar-refractivity contribution is -0.369. The van der Waals surface area contributed by atoms with Crippen molar-refractivity contribution in [2.24, 2.45) is 0 Å². The molecule has 1 aromatic carbocycles. The van der Waals surface area contributed by atoms with Crippen molar-refractivity contribution in [3.05, 3.63) is 58.7 Å². The van der Waals surface area contributed by atoms with E-state index in [1.54, 1.807) is 6.20 Å². The van der Waals surface area contributed by atoms with Gasteiger partial charge in [-0.2, -0.15) is 0 Å². The average Bonchev–Trinajstić information content (AvgIpc) is 3.08. The standard InChI is InChI=1S/C20H24N2O6/c1-2-11-3-5-12(6-4-11)7-13-8-21-14-10-27-20(18(14)22-13)19(26)17(25)16(24)15(9-23)28-20/h3-6,8,15-17,19,23-26H,2,7,9-10H2,1H3/t15-,16-,17+,19-,20+/m1/s1. The van der Waals surface area contributed by atoms with Crippen LogP contribution in [0.1, 0.15) is 35.1 Å². The molecule has 1 aromatic heterocycles. The van der Waals surface area contributed by atoms with Crippen LogP contribution in [0.5, 0.6) is 0 Å². The molecule has 8 heteroatoms. The number of aromatic nitrogens is 2. The van der Waals surface area contributed by atoms with Gasteiger partial charge in [0.05, 0.1) is 24.6 Å². The van der Waals surface area contributed by atoms with Gasteiger partial charge in [0.1, 0.15) is 30.1 Å². The Bertz CT molecular complexity index is 843. The van der Waals surface area contributed by atoms with Crippen LogP contribution in [-0.2, 0) is 34.7 Å². The van der Waals surface area contributed by atoms with Gasteiger partial charge in [-0.05, 0) is 17.5 Å². The van der Waals surface area contributed by atoms with Gasteiger partial charge >= 0.3 is 0 Å². The average molecular weight is 388 g/mol. The number of benzene rings is 1. The Morgan fingerprint density at radius 3 is 2.50 bits per heavy atom. The number of aliphatic hydroxyl groups is 4. The molecule has 0 unspecified atom stereocenters. The highest BCUT2D eigenvalue weighted by molar-refractivity contribution is 5.29. The van der Waals surface area contributed by atoms with Gasteiger partial charge in [0, 0.05) is 12.6 Å². The maximum absolute atomic E-state index is 10.6. The minimum Gasteiger partial charge on any atom is -0.394 e. The van der Waals surface area contributed by atoms with Crippen LogP contribution in [0.4, 0.5) is 0 Å². The van der Waals surface area contributed by atoms with E-state index in [0.29, 0.717) is 17.8 Å². The molecule has 0 aliphatic carbocycles. The predicted molar refractivity (Wildman–Crippen MR) is 97.1 cm³/mol. The van der Waals surface area contributed by atoms with Gasteiger partial charge in [-0.25, -0.2) is 4.98 Å². The van der Waals surface area contributed by atoms with E-state index < -0.39 is 36.8 Å². The molecule has 0 radical (unpaired) electrons. The topological polar surface area (TPSA) is 125 Å². The van der Waals surface area contributed by atoms with Gasteiger partial charge in [-0.3, -0.25) is 4.98 Å². The number of nitrogens with zero attached hydrogens (tertiary/aromatic N) is 2. The Labute approximate surface area is 162 Å². The molecule has 1 spiro atoms. The Balaban J connectivity index is 1.66. The first-order valence-electron chi connectivity index (χ1n) is 9.38. The number of aliphatic hydroxyl groups excluding tert-OH is 4. The van der Waals surface area contributed by atoms with Gasteiger partial charge in [-0.15, -0.1) is 0 Å². The summed E-state index contributed by atoms with van der Waals surface area (Å²) < 4.78 is 11.4. The maximum Gasteiger partial charge on any atom is 0.244 e. The zero-order chi connectivity index (χ0) is 19.9. The number of aryl methyl sites for hydroxylation is 1. The van der Waals surface area contributed by atoms with E-state index in [1.165, 1.54) is 5.56 Å². The smallest absolute Gasteiger partial charge is 0.244 e. The van der Waals surface area contributed by atoms with Crippen LogP contribution in [0.2, 0.25) is 0 Å². The van der Waals surface area contributed by atoms with Crippen LogP contribution in [0.25, 0.3) is 0 Å². The number of rotatable bonds is 4. The summed E-state index contributed by atoms with van der Waals surface area (Å²) in [6, 6.07) is 8.21. The molecule has 1 saturated heterocycles. The summed E-state index contributed by atoms with van der Waals surface area (Å²) in [6.45, 7) is 1.61. The van der Waals surface area contributed by atoms with Crippen LogP contribution >= 0.6 is 0 Å². The summed E-state index contributed by atoms with van der Waals surface area (Å²) in [5.74, 6) is -1.77. The fourth-order valence-corrected chi connectivity index (χ4v) is 3.72. The first kappa shape index (κ1) is 19.4. The number of ether oxygens (including phenoxy) is 2. The van der Waals surface area contributed by atoms with Crippen LogP contribution in [-0.4, -0.2) is 61.4 Å². The summed E-state index contributed by atoms with van der Waals surface area (Å²) in [5, 5.41) is 40.3. The SMILES string of the molecule is CCc1ccc(Cc2cnc3c(n2)[C@]2(OC3)O[C@H](CO)[C@@H](O)[C@H](O)[C@H]2O)cc1. The van der Waals surface area contributed by atoms with Crippen LogP contribution in [0, 0.1) is 0 Å². The third kappa shape index (κ3) is 3.12. The second kappa shape index (κ2) is 7.47. The lowest BCUT2D eigenvalue weighted by Gasteiger charge is -2.45. The van der Waals surface area contributed by atoms with Crippen molar-refractivity contribution in [1.29, 1.82) is 0 Å². The molecule has 150 valence electrons. The molecule has 8 nitrogen and oxygen atoms in total. The van der Waals surface area contributed by atoms with Crippen molar-refractivity contribution in [2.75, 3.05) is 6.61 Å². The fraction of sp³-hybridized carbons (Fsp3) is 0.500. The van der Waals surface area contributed by atoms with E-state index in [-0.39, 0.29) is 12.3 Å². The van der Waals surface area contributed by atoms with Crippen LogP contribution in [0.15, 0.2) is 30.5 Å². The predicted octanol–water partition coefficient (Wildman–Crippen LogP) is -0.213. The van der Waals surface area contributed by atoms with Gasteiger partial charge < -0.3 is 29.9 Å². The lowest BCUT2D eigenvalue weighted by Crippen LogP contribution is -2.63. The lowest BCUT2D eigenvalue weighted by atomic mass is 9.90. The normalized spacial score (nSPS) is 31.9. The zero-order valence-corrected chi connectivity index (χ0v) is 15.5. The first-order chi connectivity index (χ1) is 13.5. The van der Waals surface area contributed by atoms with E-state index in [0.717, 1.165) is 12.0 Å². The fourth-order valence-electron chi connectivity index (χ4n) is 3.72. The van der Waals surface area contributed by atoms with Crippen molar-refractivity contribution in [3.8, 4) is 0 Å². The molecular weight excluding hydrogens is 364 g/mol. The minimum absolute atomic E-state index is 0.0475. The third-order valence-electron chi connectivity index (χ3n) is 5.42. The minimum atomic E-state index is -1.77. The van der Waals surface area contributed by atoms with E-state index in [9.17, 15) is 20.4 Å². The highest BCUT2D eigenvalue weighted by atomic mass is 16.7. The van der Waals surface area contributed by atoms with Crippen LogP contribution < -0.4 is 0 Å². The molecule has 1 fully saturated rings.